The van der Waals surface area contributed by atoms with Gasteiger partial charge in [0.25, 0.3) is 0 Å². The summed E-state index contributed by atoms with van der Waals surface area (Å²) in [7, 11) is 0. The number of aliphatic hydroxyl groups is 2. The normalized spacial score (nSPS) is 34.8. The van der Waals surface area contributed by atoms with E-state index in [1.54, 1.807) is 0 Å². The Labute approximate surface area is 107 Å². The molecule has 98 valence electrons. The average molecular weight is 248 g/mol. The molecule has 4 nitrogen and oxygen atoms in total. The van der Waals surface area contributed by atoms with E-state index in [0.717, 1.165) is 12.8 Å². The summed E-state index contributed by atoms with van der Waals surface area (Å²) < 4.78 is 0. The molecule has 4 N–H and O–H groups in total. The molecule has 4 atom stereocenters. The molecule has 18 heavy (non-hydrogen) atoms. The summed E-state index contributed by atoms with van der Waals surface area (Å²) in [5, 5.41) is 25.9. The maximum atomic E-state index is 9.77. The summed E-state index contributed by atoms with van der Waals surface area (Å²) in [6.07, 6.45) is 0.948. The van der Waals surface area contributed by atoms with E-state index in [1.165, 1.54) is 11.1 Å². The van der Waals surface area contributed by atoms with Gasteiger partial charge in [0.2, 0.25) is 0 Å². The molecule has 1 aromatic rings. The van der Waals surface area contributed by atoms with Gasteiger partial charge in [-0.1, -0.05) is 24.3 Å². The van der Waals surface area contributed by atoms with Crippen molar-refractivity contribution in [2.75, 3.05) is 13.1 Å². The molecule has 4 heteroatoms. The molecule has 0 unspecified atom stereocenters. The fourth-order valence-electron chi connectivity index (χ4n) is 3.01. The predicted octanol–water partition coefficient (Wildman–Crippen LogP) is -0.0429. The van der Waals surface area contributed by atoms with E-state index in [1.807, 2.05) is 0 Å². The van der Waals surface area contributed by atoms with Crippen LogP contribution in [0.25, 0.3) is 0 Å². The molecule has 0 spiro atoms. The number of benzene rings is 1. The fourth-order valence-corrected chi connectivity index (χ4v) is 3.01. The zero-order valence-electron chi connectivity index (χ0n) is 10.3. The lowest BCUT2D eigenvalue weighted by atomic mass is 10.1. The van der Waals surface area contributed by atoms with Crippen molar-refractivity contribution in [1.82, 2.24) is 10.6 Å². The van der Waals surface area contributed by atoms with Crippen LogP contribution in [0.4, 0.5) is 0 Å². The van der Waals surface area contributed by atoms with Crippen molar-refractivity contribution in [3.63, 3.8) is 0 Å². The van der Waals surface area contributed by atoms with Gasteiger partial charge in [0, 0.05) is 25.2 Å². The summed E-state index contributed by atoms with van der Waals surface area (Å²) in [5.41, 5.74) is 2.81. The minimum Gasteiger partial charge on any atom is -0.389 e. The van der Waals surface area contributed by atoms with Crippen LogP contribution in [0.3, 0.4) is 0 Å². The van der Waals surface area contributed by atoms with E-state index >= 15 is 0 Å². The first-order valence-corrected chi connectivity index (χ1v) is 6.66. The maximum absolute atomic E-state index is 9.77. The summed E-state index contributed by atoms with van der Waals surface area (Å²) in [4.78, 5) is 0. The van der Waals surface area contributed by atoms with Crippen molar-refractivity contribution in [2.24, 2.45) is 0 Å². The Morgan fingerprint density at radius 3 is 2.89 bits per heavy atom. The second kappa shape index (κ2) is 4.97. The van der Waals surface area contributed by atoms with Crippen LogP contribution in [0.15, 0.2) is 24.3 Å². The SMILES string of the molecule is O[C@H]1[C@@H](O)CN[C@@H]1CN[C@@H]1CCc2ccccc21. The third-order valence-corrected chi connectivity index (χ3v) is 4.11. The standard InChI is InChI=1S/C14H20N2O2/c17-13-8-16-12(14(13)18)7-15-11-6-5-9-3-1-2-4-10(9)11/h1-4,11-18H,5-8H2/t11-,12-,13+,14-/m1/s1. The molecule has 1 aliphatic heterocycles. The van der Waals surface area contributed by atoms with Crippen molar-refractivity contribution >= 4 is 0 Å². The van der Waals surface area contributed by atoms with Gasteiger partial charge in [-0.2, -0.15) is 0 Å². The molecular weight excluding hydrogens is 228 g/mol. The monoisotopic (exact) mass is 248 g/mol. The van der Waals surface area contributed by atoms with Gasteiger partial charge in [-0.3, -0.25) is 0 Å². The van der Waals surface area contributed by atoms with Crippen molar-refractivity contribution in [3.05, 3.63) is 35.4 Å². The molecule has 1 saturated heterocycles. The summed E-state index contributed by atoms with van der Waals surface area (Å²) in [6.45, 7) is 1.17. The average Bonchev–Trinajstić information content (AvgIpc) is 2.94. The van der Waals surface area contributed by atoms with Gasteiger partial charge in [-0.15, -0.1) is 0 Å². The predicted molar refractivity (Wildman–Crippen MR) is 69.3 cm³/mol. The van der Waals surface area contributed by atoms with Crippen molar-refractivity contribution in [2.45, 2.75) is 37.1 Å². The molecule has 0 bridgehead atoms. The Hall–Kier alpha value is -0.940. The lowest BCUT2D eigenvalue weighted by molar-refractivity contribution is 0.0403. The van der Waals surface area contributed by atoms with Crippen LogP contribution in [0.2, 0.25) is 0 Å². The number of aryl methyl sites for hydroxylation is 1. The van der Waals surface area contributed by atoms with Crippen LogP contribution in [0.1, 0.15) is 23.6 Å². The van der Waals surface area contributed by atoms with Gasteiger partial charge < -0.3 is 20.8 Å². The minimum absolute atomic E-state index is 0.0484. The maximum Gasteiger partial charge on any atom is 0.0976 e. The number of β-amino-alcohol motifs (C(OH)–C–C–N with tert-alkyl or cyclic N) is 1. The van der Waals surface area contributed by atoms with Crippen LogP contribution in [0, 0.1) is 0 Å². The van der Waals surface area contributed by atoms with Crippen molar-refractivity contribution in [1.29, 1.82) is 0 Å². The van der Waals surface area contributed by atoms with Gasteiger partial charge in [-0.05, 0) is 24.0 Å². The first kappa shape index (κ1) is 12.1. The van der Waals surface area contributed by atoms with E-state index in [4.69, 9.17) is 0 Å². The molecule has 0 aromatic heterocycles. The van der Waals surface area contributed by atoms with Gasteiger partial charge in [0.15, 0.2) is 0 Å². The Kier molecular flexibility index (Phi) is 3.35. The van der Waals surface area contributed by atoms with Gasteiger partial charge in [0.1, 0.15) is 0 Å². The number of fused-ring (bicyclic) bond motifs is 1. The Balaban J connectivity index is 1.59. The topological polar surface area (TPSA) is 64.5 Å². The zero-order chi connectivity index (χ0) is 12.5. The van der Waals surface area contributed by atoms with E-state index in [0.29, 0.717) is 19.1 Å². The third kappa shape index (κ3) is 2.17. The number of rotatable bonds is 3. The van der Waals surface area contributed by atoms with Crippen LogP contribution in [0.5, 0.6) is 0 Å². The van der Waals surface area contributed by atoms with Crippen molar-refractivity contribution < 1.29 is 10.2 Å². The molecule has 1 aliphatic carbocycles. The second-order valence-electron chi connectivity index (χ2n) is 5.27. The summed E-state index contributed by atoms with van der Waals surface area (Å²) in [5.74, 6) is 0. The Morgan fingerprint density at radius 1 is 1.28 bits per heavy atom. The van der Waals surface area contributed by atoms with Crippen LogP contribution < -0.4 is 10.6 Å². The van der Waals surface area contributed by atoms with Gasteiger partial charge in [0.05, 0.1) is 12.2 Å². The fraction of sp³-hybridized carbons (Fsp3) is 0.571. The molecule has 0 radical (unpaired) electrons. The van der Waals surface area contributed by atoms with Gasteiger partial charge in [-0.25, -0.2) is 0 Å². The van der Waals surface area contributed by atoms with Gasteiger partial charge >= 0.3 is 0 Å². The van der Waals surface area contributed by atoms with E-state index in [-0.39, 0.29) is 6.04 Å². The lowest BCUT2D eigenvalue weighted by Gasteiger charge is -2.20. The highest BCUT2D eigenvalue weighted by atomic mass is 16.3. The second-order valence-corrected chi connectivity index (χ2v) is 5.27. The first-order chi connectivity index (χ1) is 8.75. The Bertz CT molecular complexity index is 424. The van der Waals surface area contributed by atoms with Crippen molar-refractivity contribution in [3.8, 4) is 0 Å². The highest BCUT2D eigenvalue weighted by Crippen LogP contribution is 2.30. The smallest absolute Gasteiger partial charge is 0.0976 e. The van der Waals surface area contributed by atoms with E-state index in [9.17, 15) is 10.2 Å². The quantitative estimate of drug-likeness (QED) is 0.606. The zero-order valence-corrected chi connectivity index (χ0v) is 10.3. The number of hydrogen-bond donors (Lipinski definition) is 4. The van der Waals surface area contributed by atoms with E-state index in [2.05, 4.69) is 34.9 Å². The Morgan fingerprint density at radius 2 is 2.11 bits per heavy atom. The highest BCUT2D eigenvalue weighted by Gasteiger charge is 2.33. The van der Waals surface area contributed by atoms with Crippen LogP contribution in [-0.4, -0.2) is 41.6 Å². The molecule has 1 heterocycles. The molecule has 0 saturated carbocycles. The minimum atomic E-state index is -0.658. The van der Waals surface area contributed by atoms with Crippen LogP contribution >= 0.6 is 0 Å². The largest absolute Gasteiger partial charge is 0.389 e. The summed E-state index contributed by atoms with van der Waals surface area (Å²) >= 11 is 0. The molecule has 1 aromatic carbocycles. The third-order valence-electron chi connectivity index (χ3n) is 4.11. The molecule has 0 amide bonds. The molecule has 2 aliphatic rings. The molecule has 3 rings (SSSR count). The van der Waals surface area contributed by atoms with Crippen LogP contribution in [-0.2, 0) is 6.42 Å². The number of nitrogens with one attached hydrogen (secondary N) is 2. The summed E-state index contributed by atoms with van der Waals surface area (Å²) in [6, 6.07) is 8.85. The number of hydrogen-bond acceptors (Lipinski definition) is 4. The van der Waals surface area contributed by atoms with E-state index < -0.39 is 12.2 Å². The molecular formula is C14H20N2O2. The highest BCUT2D eigenvalue weighted by molar-refractivity contribution is 5.34. The number of aliphatic hydroxyl groups excluding tert-OH is 2. The molecule has 1 fully saturated rings. The first-order valence-electron chi connectivity index (χ1n) is 6.66. The lowest BCUT2D eigenvalue weighted by Crippen LogP contribution is -2.42.